The van der Waals surface area contributed by atoms with Gasteiger partial charge in [-0.15, -0.1) is 5.10 Å². The van der Waals surface area contributed by atoms with Gasteiger partial charge in [-0.25, -0.2) is 0 Å². The quantitative estimate of drug-likeness (QED) is 0.696. The van der Waals surface area contributed by atoms with Crippen molar-refractivity contribution < 1.29 is 0 Å². The molecule has 0 radical (unpaired) electrons. The van der Waals surface area contributed by atoms with Crippen molar-refractivity contribution in [2.75, 3.05) is 11.5 Å². The van der Waals surface area contributed by atoms with E-state index >= 15 is 0 Å². The minimum Gasteiger partial charge on any atom is -0.161 e. The Bertz CT molecular complexity index is 256. The Morgan fingerprint density at radius 3 is 2.92 bits per heavy atom. The number of hydrogen-bond donors (Lipinski definition) is 0. The van der Waals surface area contributed by atoms with Gasteiger partial charge in [0.15, 0.2) is 5.15 Å². The van der Waals surface area contributed by atoms with E-state index in [9.17, 15) is 0 Å². The molecule has 0 amide bonds. The monoisotopic (exact) mass is 200 g/mol. The molecule has 0 bridgehead atoms. The van der Waals surface area contributed by atoms with Crippen molar-refractivity contribution in [1.82, 2.24) is 10.2 Å². The summed E-state index contributed by atoms with van der Waals surface area (Å²) in [6.45, 7) is 0. The Labute approximate surface area is 80.7 Å². The van der Waals surface area contributed by atoms with Crippen LogP contribution in [0.5, 0.6) is 0 Å². The summed E-state index contributed by atoms with van der Waals surface area (Å²) in [6.07, 6.45) is 1.22. The number of thioether (sulfide) groups is 1. The van der Waals surface area contributed by atoms with Gasteiger partial charge in [0.05, 0.1) is 5.69 Å². The number of nitrogens with zero attached hydrogens (tertiary/aromatic N) is 2. The first-order valence-corrected chi connectivity index (χ1v) is 5.46. The van der Waals surface area contributed by atoms with Gasteiger partial charge >= 0.3 is 0 Å². The van der Waals surface area contributed by atoms with Gasteiger partial charge in [-0.05, 0) is 24.3 Å². The minimum atomic E-state index is 0.476. The highest BCUT2D eigenvalue weighted by atomic mass is 35.5. The van der Waals surface area contributed by atoms with Crippen LogP contribution in [0.1, 0.15) is 18.0 Å². The molecule has 1 fully saturated rings. The molecule has 0 N–H and O–H groups in total. The summed E-state index contributed by atoms with van der Waals surface area (Å²) >= 11 is 7.62. The second kappa shape index (κ2) is 3.62. The van der Waals surface area contributed by atoms with Crippen LogP contribution in [0.3, 0.4) is 0 Å². The normalized spacial score (nSPS) is 22.9. The zero-order chi connectivity index (χ0) is 8.39. The van der Waals surface area contributed by atoms with E-state index in [0.29, 0.717) is 11.1 Å². The topological polar surface area (TPSA) is 25.8 Å². The van der Waals surface area contributed by atoms with E-state index in [2.05, 4.69) is 10.2 Å². The van der Waals surface area contributed by atoms with E-state index in [1.54, 1.807) is 0 Å². The average molecular weight is 201 g/mol. The molecule has 0 aromatic carbocycles. The van der Waals surface area contributed by atoms with Crippen LogP contribution in [0.25, 0.3) is 0 Å². The molecule has 1 aromatic heterocycles. The second-order valence-corrected chi connectivity index (χ2v) is 4.38. The van der Waals surface area contributed by atoms with Crippen LogP contribution in [0.4, 0.5) is 0 Å². The lowest BCUT2D eigenvalue weighted by atomic mass is 10.1. The maximum Gasteiger partial charge on any atom is 0.151 e. The third-order valence-electron chi connectivity index (χ3n) is 2.00. The van der Waals surface area contributed by atoms with E-state index in [1.165, 1.54) is 17.9 Å². The summed E-state index contributed by atoms with van der Waals surface area (Å²) in [5.41, 5.74) is 1.09. The van der Waals surface area contributed by atoms with Crippen LogP contribution in [0, 0.1) is 0 Å². The SMILES string of the molecule is Clc1ccc(C2CCSC2)nn1. The molecule has 2 heterocycles. The maximum atomic E-state index is 5.64. The molecule has 1 aromatic rings. The highest BCUT2D eigenvalue weighted by Crippen LogP contribution is 2.30. The smallest absolute Gasteiger partial charge is 0.151 e. The van der Waals surface area contributed by atoms with Crippen LogP contribution >= 0.6 is 23.4 Å². The van der Waals surface area contributed by atoms with Crippen molar-refractivity contribution in [3.63, 3.8) is 0 Å². The number of rotatable bonds is 1. The molecule has 1 atom stereocenters. The number of halogens is 1. The molecule has 64 valence electrons. The van der Waals surface area contributed by atoms with Gasteiger partial charge < -0.3 is 0 Å². The Morgan fingerprint density at radius 1 is 1.42 bits per heavy atom. The molecule has 1 aliphatic rings. The van der Waals surface area contributed by atoms with E-state index in [-0.39, 0.29) is 0 Å². The van der Waals surface area contributed by atoms with Gasteiger partial charge in [-0.1, -0.05) is 11.6 Å². The fourth-order valence-electron chi connectivity index (χ4n) is 1.31. The first-order valence-electron chi connectivity index (χ1n) is 3.93. The van der Waals surface area contributed by atoms with Crippen LogP contribution < -0.4 is 0 Å². The fraction of sp³-hybridized carbons (Fsp3) is 0.500. The van der Waals surface area contributed by atoms with Gasteiger partial charge in [-0.2, -0.15) is 16.9 Å². The zero-order valence-electron chi connectivity index (χ0n) is 6.53. The molecule has 1 unspecified atom stereocenters. The largest absolute Gasteiger partial charge is 0.161 e. The number of aromatic nitrogens is 2. The molecule has 0 aliphatic carbocycles. The summed E-state index contributed by atoms with van der Waals surface area (Å²) in [4.78, 5) is 0. The molecule has 4 heteroatoms. The molecule has 1 aliphatic heterocycles. The van der Waals surface area contributed by atoms with Crippen molar-refractivity contribution in [3.8, 4) is 0 Å². The summed E-state index contributed by atoms with van der Waals surface area (Å²) in [7, 11) is 0. The second-order valence-electron chi connectivity index (χ2n) is 2.84. The van der Waals surface area contributed by atoms with Crippen molar-refractivity contribution in [1.29, 1.82) is 0 Å². The lowest BCUT2D eigenvalue weighted by Gasteiger charge is -2.04. The van der Waals surface area contributed by atoms with Gasteiger partial charge in [0, 0.05) is 11.7 Å². The third kappa shape index (κ3) is 1.72. The summed E-state index contributed by atoms with van der Waals surface area (Å²) in [5, 5.41) is 8.37. The fourth-order valence-corrected chi connectivity index (χ4v) is 2.65. The van der Waals surface area contributed by atoms with Crippen LogP contribution in [0.15, 0.2) is 12.1 Å². The molecule has 2 rings (SSSR count). The molecule has 0 saturated carbocycles. The van der Waals surface area contributed by atoms with Gasteiger partial charge in [0.2, 0.25) is 0 Å². The van der Waals surface area contributed by atoms with Gasteiger partial charge in [-0.3, -0.25) is 0 Å². The molecule has 2 nitrogen and oxygen atoms in total. The highest BCUT2D eigenvalue weighted by molar-refractivity contribution is 7.99. The predicted molar refractivity (Wildman–Crippen MR) is 51.7 cm³/mol. The van der Waals surface area contributed by atoms with E-state index in [0.717, 1.165) is 5.69 Å². The molecular formula is C8H9ClN2S. The van der Waals surface area contributed by atoms with E-state index in [1.807, 2.05) is 23.9 Å². The van der Waals surface area contributed by atoms with Gasteiger partial charge in [0.1, 0.15) is 0 Å². The summed E-state index contributed by atoms with van der Waals surface area (Å²) < 4.78 is 0. The first-order chi connectivity index (χ1) is 5.86. The molecule has 1 saturated heterocycles. The standard InChI is InChI=1S/C8H9ClN2S/c9-8-2-1-7(10-11-8)6-3-4-12-5-6/h1-2,6H,3-5H2. The van der Waals surface area contributed by atoms with Crippen LogP contribution in [0.2, 0.25) is 5.15 Å². The van der Waals surface area contributed by atoms with Crippen LogP contribution in [-0.2, 0) is 0 Å². The minimum absolute atomic E-state index is 0.476. The third-order valence-corrected chi connectivity index (χ3v) is 3.36. The lowest BCUT2D eigenvalue weighted by molar-refractivity contribution is 0.729. The Hall–Kier alpha value is -0.280. The van der Waals surface area contributed by atoms with Crippen molar-refractivity contribution in [2.45, 2.75) is 12.3 Å². The summed E-state index contributed by atoms with van der Waals surface area (Å²) in [6, 6.07) is 3.79. The Morgan fingerprint density at radius 2 is 2.33 bits per heavy atom. The predicted octanol–water partition coefficient (Wildman–Crippen LogP) is 2.35. The van der Waals surface area contributed by atoms with Gasteiger partial charge in [0.25, 0.3) is 0 Å². The van der Waals surface area contributed by atoms with Crippen LogP contribution in [-0.4, -0.2) is 21.7 Å². The Balaban J connectivity index is 2.17. The zero-order valence-corrected chi connectivity index (χ0v) is 8.11. The van der Waals surface area contributed by atoms with Crippen molar-refractivity contribution >= 4 is 23.4 Å². The Kier molecular flexibility index (Phi) is 2.51. The molecular weight excluding hydrogens is 192 g/mol. The first kappa shape index (κ1) is 8.32. The molecule has 12 heavy (non-hydrogen) atoms. The lowest BCUT2D eigenvalue weighted by Crippen LogP contribution is -2.00. The maximum absolute atomic E-state index is 5.64. The average Bonchev–Trinajstić information content (AvgIpc) is 2.58. The van der Waals surface area contributed by atoms with E-state index in [4.69, 9.17) is 11.6 Å². The van der Waals surface area contributed by atoms with Crippen molar-refractivity contribution in [2.24, 2.45) is 0 Å². The highest BCUT2D eigenvalue weighted by Gasteiger charge is 2.18. The summed E-state index contributed by atoms with van der Waals surface area (Å²) in [5.74, 6) is 3.02. The van der Waals surface area contributed by atoms with E-state index < -0.39 is 0 Å². The molecule has 0 spiro atoms. The number of hydrogen-bond acceptors (Lipinski definition) is 3. The van der Waals surface area contributed by atoms with Crippen molar-refractivity contribution in [3.05, 3.63) is 23.0 Å².